The van der Waals surface area contributed by atoms with E-state index < -0.39 is 11.8 Å². The second-order valence-electron chi connectivity index (χ2n) is 6.11. The van der Waals surface area contributed by atoms with E-state index in [4.69, 9.17) is 4.42 Å². The van der Waals surface area contributed by atoms with Gasteiger partial charge in [-0.15, -0.1) is 11.3 Å². The SMILES string of the molecule is CC(C(=O)NCc1csc(-c2ccccc2)n1)n1c(=O)oc2ccccc21. The smallest absolute Gasteiger partial charge is 0.408 e. The van der Waals surface area contributed by atoms with Gasteiger partial charge in [0.05, 0.1) is 17.8 Å². The van der Waals surface area contributed by atoms with Crippen LogP contribution in [0.4, 0.5) is 0 Å². The monoisotopic (exact) mass is 379 g/mol. The first-order chi connectivity index (χ1) is 13.1. The zero-order valence-electron chi connectivity index (χ0n) is 14.6. The summed E-state index contributed by atoms with van der Waals surface area (Å²) in [5, 5.41) is 5.68. The van der Waals surface area contributed by atoms with Crippen molar-refractivity contribution >= 4 is 28.3 Å². The van der Waals surface area contributed by atoms with Crippen LogP contribution < -0.4 is 11.1 Å². The molecule has 0 aliphatic rings. The Balaban J connectivity index is 1.47. The van der Waals surface area contributed by atoms with Crippen LogP contribution in [-0.2, 0) is 11.3 Å². The van der Waals surface area contributed by atoms with Crippen LogP contribution in [0.25, 0.3) is 21.7 Å². The Hall–Kier alpha value is -3.19. The number of aromatic nitrogens is 2. The van der Waals surface area contributed by atoms with Gasteiger partial charge in [-0.1, -0.05) is 42.5 Å². The Morgan fingerprint density at radius 1 is 1.19 bits per heavy atom. The standard InChI is InChI=1S/C20H17N3O3S/c1-13(23-16-9-5-6-10-17(16)26-20(23)25)18(24)21-11-15-12-27-19(22-15)14-7-3-2-4-8-14/h2-10,12-13H,11H2,1H3,(H,21,24). The van der Waals surface area contributed by atoms with Crippen molar-refractivity contribution in [2.45, 2.75) is 19.5 Å². The number of carbonyl (C=O) groups is 1. The molecule has 0 spiro atoms. The van der Waals surface area contributed by atoms with Gasteiger partial charge in [0.1, 0.15) is 11.0 Å². The van der Waals surface area contributed by atoms with Crippen molar-refractivity contribution < 1.29 is 9.21 Å². The molecule has 1 N–H and O–H groups in total. The van der Waals surface area contributed by atoms with Gasteiger partial charge in [-0.3, -0.25) is 9.36 Å². The predicted octanol–water partition coefficient (Wildman–Crippen LogP) is 3.60. The summed E-state index contributed by atoms with van der Waals surface area (Å²) < 4.78 is 6.56. The highest BCUT2D eigenvalue weighted by atomic mass is 32.1. The first-order valence-electron chi connectivity index (χ1n) is 8.51. The van der Waals surface area contributed by atoms with Crippen LogP contribution in [0.2, 0.25) is 0 Å². The number of rotatable bonds is 5. The largest absolute Gasteiger partial charge is 0.420 e. The van der Waals surface area contributed by atoms with Crippen molar-refractivity contribution in [2.75, 3.05) is 0 Å². The molecule has 136 valence electrons. The minimum atomic E-state index is -0.687. The highest BCUT2D eigenvalue weighted by molar-refractivity contribution is 7.13. The maximum atomic E-state index is 12.6. The van der Waals surface area contributed by atoms with Crippen LogP contribution in [-0.4, -0.2) is 15.5 Å². The molecule has 4 aromatic rings. The molecule has 4 rings (SSSR count). The van der Waals surface area contributed by atoms with Gasteiger partial charge in [0, 0.05) is 10.9 Å². The molecule has 27 heavy (non-hydrogen) atoms. The molecule has 0 saturated heterocycles. The van der Waals surface area contributed by atoms with Crippen molar-refractivity contribution in [2.24, 2.45) is 0 Å². The van der Waals surface area contributed by atoms with Crippen LogP contribution in [0.5, 0.6) is 0 Å². The van der Waals surface area contributed by atoms with Gasteiger partial charge in [-0.2, -0.15) is 0 Å². The molecule has 0 saturated carbocycles. The molecule has 1 amide bonds. The Morgan fingerprint density at radius 3 is 2.74 bits per heavy atom. The van der Waals surface area contributed by atoms with Crippen molar-refractivity contribution in [3.63, 3.8) is 0 Å². The Morgan fingerprint density at radius 2 is 1.93 bits per heavy atom. The van der Waals surface area contributed by atoms with Crippen molar-refractivity contribution in [3.05, 3.63) is 76.2 Å². The van der Waals surface area contributed by atoms with Crippen LogP contribution in [0, 0.1) is 0 Å². The Labute approximate surface area is 159 Å². The molecular weight excluding hydrogens is 362 g/mol. The summed E-state index contributed by atoms with van der Waals surface area (Å²) in [4.78, 5) is 29.2. The van der Waals surface area contributed by atoms with Crippen molar-refractivity contribution in [1.82, 2.24) is 14.9 Å². The fourth-order valence-corrected chi connectivity index (χ4v) is 3.72. The number of carbonyl (C=O) groups excluding carboxylic acids is 1. The van der Waals surface area contributed by atoms with Gasteiger partial charge >= 0.3 is 5.76 Å². The molecule has 2 heterocycles. The average Bonchev–Trinajstić information content (AvgIpc) is 3.30. The van der Waals surface area contributed by atoms with E-state index in [0.717, 1.165) is 16.3 Å². The summed E-state index contributed by atoms with van der Waals surface area (Å²) in [5.41, 5.74) is 2.90. The molecule has 0 aliphatic carbocycles. The van der Waals surface area contributed by atoms with Gasteiger partial charge in [0.2, 0.25) is 5.91 Å². The summed E-state index contributed by atoms with van der Waals surface area (Å²) in [6, 6.07) is 16.3. The molecular formula is C20H17N3O3S. The summed E-state index contributed by atoms with van der Waals surface area (Å²) in [5.74, 6) is -0.809. The van der Waals surface area contributed by atoms with E-state index in [2.05, 4.69) is 10.3 Å². The number of thiazole rings is 1. The van der Waals surface area contributed by atoms with Gasteiger partial charge in [0.25, 0.3) is 0 Å². The number of nitrogens with one attached hydrogen (secondary N) is 1. The fraction of sp³-hybridized carbons (Fsp3) is 0.150. The van der Waals surface area contributed by atoms with E-state index in [0.29, 0.717) is 17.6 Å². The fourth-order valence-electron chi connectivity index (χ4n) is 2.89. The molecule has 6 nitrogen and oxygen atoms in total. The third kappa shape index (κ3) is 3.41. The number of para-hydroxylation sites is 2. The third-order valence-corrected chi connectivity index (χ3v) is 5.24. The average molecular weight is 379 g/mol. The first kappa shape index (κ1) is 17.2. The maximum absolute atomic E-state index is 12.6. The minimum absolute atomic E-state index is 0.266. The minimum Gasteiger partial charge on any atom is -0.408 e. The Kier molecular flexibility index (Phi) is 4.60. The second kappa shape index (κ2) is 7.20. The summed E-state index contributed by atoms with van der Waals surface area (Å²) >= 11 is 1.53. The van der Waals surface area contributed by atoms with E-state index in [1.165, 1.54) is 15.9 Å². The maximum Gasteiger partial charge on any atom is 0.420 e. The van der Waals surface area contributed by atoms with Crippen LogP contribution in [0.15, 0.2) is 69.2 Å². The lowest BCUT2D eigenvalue weighted by Crippen LogP contribution is -2.34. The van der Waals surface area contributed by atoms with E-state index in [1.54, 1.807) is 31.2 Å². The highest BCUT2D eigenvalue weighted by Crippen LogP contribution is 2.23. The van der Waals surface area contributed by atoms with Crippen LogP contribution in [0.1, 0.15) is 18.7 Å². The first-order valence-corrected chi connectivity index (χ1v) is 9.39. The molecule has 0 aliphatic heterocycles. The number of amides is 1. The van der Waals surface area contributed by atoms with Gasteiger partial charge in [-0.05, 0) is 19.1 Å². The topological polar surface area (TPSA) is 77.1 Å². The van der Waals surface area contributed by atoms with E-state index in [-0.39, 0.29) is 5.91 Å². The number of hydrogen-bond donors (Lipinski definition) is 1. The number of fused-ring (bicyclic) bond motifs is 1. The number of oxazole rings is 1. The molecule has 0 fully saturated rings. The summed E-state index contributed by atoms with van der Waals surface area (Å²) in [6.45, 7) is 1.98. The molecule has 1 unspecified atom stereocenters. The lowest BCUT2D eigenvalue weighted by atomic mass is 10.2. The molecule has 0 radical (unpaired) electrons. The zero-order valence-corrected chi connectivity index (χ0v) is 15.4. The summed E-state index contributed by atoms with van der Waals surface area (Å²) in [7, 11) is 0. The lowest BCUT2D eigenvalue weighted by Gasteiger charge is -2.12. The quantitative estimate of drug-likeness (QED) is 0.575. The number of benzene rings is 2. The van der Waals surface area contributed by atoms with E-state index in [9.17, 15) is 9.59 Å². The molecule has 7 heteroatoms. The zero-order chi connectivity index (χ0) is 18.8. The van der Waals surface area contributed by atoms with E-state index >= 15 is 0 Å². The van der Waals surface area contributed by atoms with Gasteiger partial charge in [-0.25, -0.2) is 9.78 Å². The third-order valence-electron chi connectivity index (χ3n) is 4.30. The van der Waals surface area contributed by atoms with Crippen molar-refractivity contribution in [1.29, 1.82) is 0 Å². The molecule has 2 aromatic carbocycles. The van der Waals surface area contributed by atoms with Crippen LogP contribution in [0.3, 0.4) is 0 Å². The Bertz CT molecular complexity index is 1140. The molecule has 0 bridgehead atoms. The van der Waals surface area contributed by atoms with Gasteiger partial charge < -0.3 is 9.73 Å². The molecule has 1 atom stereocenters. The van der Waals surface area contributed by atoms with Gasteiger partial charge in [0.15, 0.2) is 5.58 Å². The summed E-state index contributed by atoms with van der Waals surface area (Å²) in [6.07, 6.45) is 0. The lowest BCUT2D eigenvalue weighted by molar-refractivity contribution is -0.124. The van der Waals surface area contributed by atoms with Crippen LogP contribution >= 0.6 is 11.3 Å². The second-order valence-corrected chi connectivity index (χ2v) is 6.97. The molecule has 2 aromatic heterocycles. The number of hydrogen-bond acceptors (Lipinski definition) is 5. The predicted molar refractivity (Wildman–Crippen MR) is 105 cm³/mol. The normalized spacial score (nSPS) is 12.2. The van der Waals surface area contributed by atoms with Crippen molar-refractivity contribution in [3.8, 4) is 10.6 Å². The van der Waals surface area contributed by atoms with E-state index in [1.807, 2.05) is 35.7 Å². The highest BCUT2D eigenvalue weighted by Gasteiger charge is 2.21. The number of nitrogens with zero attached hydrogens (tertiary/aromatic N) is 2.